The van der Waals surface area contributed by atoms with Gasteiger partial charge >= 0.3 is 11.7 Å². The molecule has 0 saturated carbocycles. The molecule has 9 nitrogen and oxygen atoms in total. The molecule has 0 aliphatic heterocycles. The van der Waals surface area contributed by atoms with Crippen molar-refractivity contribution in [1.82, 2.24) is 18.7 Å². The van der Waals surface area contributed by atoms with E-state index in [2.05, 4.69) is 11.1 Å². The standard InChI is InChI=1S/C24H22ClN5O4/c1-15(14-31)12-30-22(32)20-21(28(2)24(30)33)27-23(34-19-6-4-3-5-17(19)11-26)29(20)13-16-7-9-18(25)10-8-16/h3-10,15,31H,12-14H2,1-2H3. The SMILES string of the molecule is CC(CO)Cn1c(=O)c2c(nc(Oc3ccccc3C#N)n2Cc2ccc(Cl)cc2)n(C)c1=O. The summed E-state index contributed by atoms with van der Waals surface area (Å²) in [5.41, 5.74) is 0.371. The smallest absolute Gasteiger partial charge is 0.332 e. The predicted octanol–water partition coefficient (Wildman–Crippen LogP) is 2.89. The van der Waals surface area contributed by atoms with E-state index in [1.54, 1.807) is 47.9 Å². The second-order valence-electron chi connectivity index (χ2n) is 8.03. The number of rotatable bonds is 7. The van der Waals surface area contributed by atoms with Gasteiger partial charge in [0.25, 0.3) is 5.56 Å². The third-order valence-electron chi connectivity index (χ3n) is 5.47. The summed E-state index contributed by atoms with van der Waals surface area (Å²) >= 11 is 6.02. The number of aliphatic hydroxyl groups excluding tert-OH is 1. The first-order chi connectivity index (χ1) is 16.3. The normalized spacial score (nSPS) is 12.0. The number of nitrogens with zero attached hydrogens (tertiary/aromatic N) is 5. The van der Waals surface area contributed by atoms with Crippen molar-refractivity contribution in [3.8, 4) is 17.8 Å². The van der Waals surface area contributed by atoms with E-state index in [0.29, 0.717) is 10.6 Å². The molecule has 4 aromatic rings. The van der Waals surface area contributed by atoms with Gasteiger partial charge in [-0.15, -0.1) is 0 Å². The van der Waals surface area contributed by atoms with Crippen molar-refractivity contribution in [1.29, 1.82) is 5.26 Å². The summed E-state index contributed by atoms with van der Waals surface area (Å²) in [7, 11) is 1.52. The van der Waals surface area contributed by atoms with Gasteiger partial charge in [-0.2, -0.15) is 10.2 Å². The molecule has 10 heteroatoms. The number of hydrogen-bond donors (Lipinski definition) is 1. The molecule has 4 rings (SSSR count). The Balaban J connectivity index is 1.96. The number of halogens is 1. The lowest BCUT2D eigenvalue weighted by molar-refractivity contribution is 0.220. The highest BCUT2D eigenvalue weighted by atomic mass is 35.5. The number of aromatic nitrogens is 4. The fourth-order valence-electron chi connectivity index (χ4n) is 3.63. The number of para-hydroxylation sites is 1. The number of benzene rings is 2. The molecular weight excluding hydrogens is 458 g/mol. The summed E-state index contributed by atoms with van der Waals surface area (Å²) in [6, 6.07) is 15.9. The van der Waals surface area contributed by atoms with Gasteiger partial charge in [0, 0.05) is 25.2 Å². The van der Waals surface area contributed by atoms with E-state index in [4.69, 9.17) is 16.3 Å². The zero-order valence-corrected chi connectivity index (χ0v) is 19.4. The van der Waals surface area contributed by atoms with Crippen LogP contribution in [-0.2, 0) is 20.1 Å². The number of fused-ring (bicyclic) bond motifs is 1. The summed E-state index contributed by atoms with van der Waals surface area (Å²) in [5, 5.41) is 19.5. The first kappa shape index (κ1) is 23.3. The topological polar surface area (TPSA) is 115 Å². The number of aliphatic hydroxyl groups is 1. The highest BCUT2D eigenvalue weighted by Gasteiger charge is 2.23. The predicted molar refractivity (Wildman–Crippen MR) is 127 cm³/mol. The fraction of sp³-hybridized carbons (Fsp3) is 0.250. The van der Waals surface area contributed by atoms with Gasteiger partial charge in [0.15, 0.2) is 11.2 Å². The second kappa shape index (κ2) is 9.55. The van der Waals surface area contributed by atoms with E-state index < -0.39 is 11.2 Å². The van der Waals surface area contributed by atoms with Crippen LogP contribution in [0.3, 0.4) is 0 Å². The molecule has 1 unspecified atom stereocenters. The minimum Gasteiger partial charge on any atom is -0.424 e. The van der Waals surface area contributed by atoms with Crippen LogP contribution < -0.4 is 16.0 Å². The Kier molecular flexibility index (Phi) is 6.54. The van der Waals surface area contributed by atoms with Crippen molar-refractivity contribution in [3.63, 3.8) is 0 Å². The van der Waals surface area contributed by atoms with Crippen LogP contribution in [-0.4, -0.2) is 30.4 Å². The number of aryl methyl sites for hydroxylation is 1. The Hall–Kier alpha value is -3.87. The Morgan fingerprint density at radius 1 is 1.15 bits per heavy atom. The molecule has 0 saturated heterocycles. The molecule has 0 fully saturated rings. The summed E-state index contributed by atoms with van der Waals surface area (Å²) in [6.07, 6.45) is 0. The van der Waals surface area contributed by atoms with Gasteiger partial charge in [0.2, 0.25) is 0 Å². The van der Waals surface area contributed by atoms with Crippen molar-refractivity contribution >= 4 is 22.8 Å². The van der Waals surface area contributed by atoms with Gasteiger partial charge in [-0.1, -0.05) is 42.8 Å². The maximum atomic E-state index is 13.5. The number of hydrogen-bond acceptors (Lipinski definition) is 6. The van der Waals surface area contributed by atoms with Gasteiger partial charge in [-0.25, -0.2) is 4.79 Å². The van der Waals surface area contributed by atoms with Gasteiger partial charge in [0.05, 0.1) is 12.1 Å². The van der Waals surface area contributed by atoms with E-state index >= 15 is 0 Å². The second-order valence-corrected chi connectivity index (χ2v) is 8.47. The van der Waals surface area contributed by atoms with Crippen molar-refractivity contribution in [2.45, 2.75) is 20.0 Å². The van der Waals surface area contributed by atoms with Gasteiger partial charge in [-0.3, -0.25) is 18.5 Å². The van der Waals surface area contributed by atoms with Gasteiger partial charge in [0.1, 0.15) is 11.8 Å². The molecule has 0 aliphatic rings. The average molecular weight is 480 g/mol. The molecule has 0 aliphatic carbocycles. The maximum Gasteiger partial charge on any atom is 0.332 e. The third kappa shape index (κ3) is 4.33. The average Bonchev–Trinajstić information content (AvgIpc) is 3.20. The highest BCUT2D eigenvalue weighted by molar-refractivity contribution is 6.30. The maximum absolute atomic E-state index is 13.5. The van der Waals surface area contributed by atoms with Crippen LogP contribution in [0.4, 0.5) is 0 Å². The molecule has 1 N–H and O–H groups in total. The largest absolute Gasteiger partial charge is 0.424 e. The zero-order chi connectivity index (χ0) is 24.4. The van der Waals surface area contributed by atoms with Crippen LogP contribution in [0, 0.1) is 17.2 Å². The quantitative estimate of drug-likeness (QED) is 0.436. The Bertz CT molecular complexity index is 1510. The molecule has 0 spiro atoms. The molecule has 0 bridgehead atoms. The molecule has 174 valence electrons. The summed E-state index contributed by atoms with van der Waals surface area (Å²) < 4.78 is 9.96. The first-order valence-corrected chi connectivity index (χ1v) is 10.9. The minimum absolute atomic E-state index is 0.0531. The van der Waals surface area contributed by atoms with E-state index in [1.165, 1.54) is 11.6 Å². The van der Waals surface area contributed by atoms with E-state index in [9.17, 15) is 20.0 Å². The van der Waals surface area contributed by atoms with Crippen molar-refractivity contribution < 1.29 is 9.84 Å². The third-order valence-corrected chi connectivity index (χ3v) is 5.72. The molecule has 2 heterocycles. The zero-order valence-electron chi connectivity index (χ0n) is 18.6. The van der Waals surface area contributed by atoms with Crippen molar-refractivity contribution in [2.24, 2.45) is 13.0 Å². The Labute approximate surface area is 199 Å². The number of ether oxygens (including phenoxy) is 1. The molecule has 34 heavy (non-hydrogen) atoms. The summed E-state index contributed by atoms with van der Waals surface area (Å²) in [6.45, 7) is 1.84. The Morgan fingerprint density at radius 2 is 1.85 bits per heavy atom. The molecule has 0 radical (unpaired) electrons. The highest BCUT2D eigenvalue weighted by Crippen LogP contribution is 2.27. The molecule has 2 aromatic carbocycles. The lowest BCUT2D eigenvalue weighted by atomic mass is 10.2. The lowest BCUT2D eigenvalue weighted by Gasteiger charge is -2.13. The summed E-state index contributed by atoms with van der Waals surface area (Å²) in [4.78, 5) is 30.9. The van der Waals surface area contributed by atoms with Crippen molar-refractivity contribution in [3.05, 3.63) is 85.5 Å². The van der Waals surface area contributed by atoms with Crippen molar-refractivity contribution in [2.75, 3.05) is 6.61 Å². The number of nitriles is 1. The van der Waals surface area contributed by atoms with Crippen LogP contribution in [0.25, 0.3) is 11.2 Å². The molecule has 0 amide bonds. The van der Waals surface area contributed by atoms with Crippen LogP contribution in [0.2, 0.25) is 5.02 Å². The monoisotopic (exact) mass is 479 g/mol. The van der Waals surface area contributed by atoms with Gasteiger partial charge in [-0.05, 0) is 35.7 Å². The lowest BCUT2D eigenvalue weighted by Crippen LogP contribution is -2.41. The van der Waals surface area contributed by atoms with E-state index in [0.717, 1.165) is 10.1 Å². The van der Waals surface area contributed by atoms with Crippen LogP contribution in [0.15, 0.2) is 58.1 Å². The van der Waals surface area contributed by atoms with Gasteiger partial charge < -0.3 is 9.84 Å². The molecule has 1 atom stereocenters. The molecular formula is C24H22ClN5O4. The van der Waals surface area contributed by atoms with Crippen LogP contribution in [0.1, 0.15) is 18.1 Å². The first-order valence-electron chi connectivity index (χ1n) is 10.6. The van der Waals surface area contributed by atoms with E-state index in [1.807, 2.05) is 12.1 Å². The van der Waals surface area contributed by atoms with E-state index in [-0.39, 0.29) is 48.5 Å². The minimum atomic E-state index is -0.544. The summed E-state index contributed by atoms with van der Waals surface area (Å²) in [5.74, 6) is -0.0226. The number of imidazole rings is 1. The van der Waals surface area contributed by atoms with Crippen LogP contribution >= 0.6 is 11.6 Å². The molecule has 2 aromatic heterocycles. The Morgan fingerprint density at radius 3 is 2.53 bits per heavy atom. The van der Waals surface area contributed by atoms with Crippen LogP contribution in [0.5, 0.6) is 11.8 Å². The fourth-order valence-corrected chi connectivity index (χ4v) is 3.75.